The van der Waals surface area contributed by atoms with E-state index in [2.05, 4.69) is 16.7 Å². The van der Waals surface area contributed by atoms with Crippen molar-refractivity contribution < 1.29 is 14.4 Å². The second kappa shape index (κ2) is 8.98. The average molecular weight is 422 g/mol. The summed E-state index contributed by atoms with van der Waals surface area (Å²) in [5.41, 5.74) is 3.26. The molecular weight excluding hydrogens is 404 g/mol. The van der Waals surface area contributed by atoms with Gasteiger partial charge >= 0.3 is 0 Å². The molecule has 0 atom stereocenters. The molecule has 1 aliphatic heterocycles. The molecule has 0 aromatic heterocycles. The summed E-state index contributed by atoms with van der Waals surface area (Å²) in [4.78, 5) is 38.6. The Kier molecular flexibility index (Phi) is 5.77. The Balaban J connectivity index is 1.45. The van der Waals surface area contributed by atoms with Crippen molar-refractivity contribution in [3.05, 3.63) is 95.6 Å². The zero-order valence-electron chi connectivity index (χ0n) is 16.9. The Morgan fingerprint density at radius 3 is 2.50 bits per heavy atom. The lowest BCUT2D eigenvalue weighted by atomic mass is 10.1. The summed E-state index contributed by atoms with van der Waals surface area (Å²) in [5, 5.41) is 14.6. The second-order valence-electron chi connectivity index (χ2n) is 7.06. The average Bonchev–Trinajstić information content (AvgIpc) is 2.82. The van der Waals surface area contributed by atoms with Crippen molar-refractivity contribution in [2.75, 3.05) is 22.1 Å². The molecular formula is C25H18N4O3. The van der Waals surface area contributed by atoms with Gasteiger partial charge in [-0.15, -0.1) is 0 Å². The van der Waals surface area contributed by atoms with Crippen molar-refractivity contribution in [2.24, 2.45) is 0 Å². The molecule has 1 aliphatic rings. The lowest BCUT2D eigenvalue weighted by molar-refractivity contribution is -0.115. The van der Waals surface area contributed by atoms with E-state index in [-0.39, 0.29) is 24.3 Å². The van der Waals surface area contributed by atoms with Crippen LogP contribution in [0.2, 0.25) is 0 Å². The maximum atomic E-state index is 13.0. The number of para-hydroxylation sites is 2. The highest BCUT2D eigenvalue weighted by atomic mass is 16.2. The van der Waals surface area contributed by atoms with Gasteiger partial charge in [-0.05, 0) is 54.1 Å². The second-order valence-corrected chi connectivity index (χ2v) is 7.06. The van der Waals surface area contributed by atoms with E-state index < -0.39 is 0 Å². The number of benzene rings is 3. The minimum absolute atomic E-state index is 0.0662. The van der Waals surface area contributed by atoms with Gasteiger partial charge < -0.3 is 10.6 Å². The van der Waals surface area contributed by atoms with Crippen LogP contribution in [-0.2, 0) is 9.59 Å². The van der Waals surface area contributed by atoms with Crippen LogP contribution in [0.5, 0.6) is 0 Å². The molecule has 0 aliphatic carbocycles. The van der Waals surface area contributed by atoms with E-state index in [1.165, 1.54) is 11.0 Å². The van der Waals surface area contributed by atoms with Crippen LogP contribution in [0.4, 0.5) is 17.1 Å². The smallest absolute Gasteiger partial charge is 0.258 e. The van der Waals surface area contributed by atoms with Crippen LogP contribution in [0.1, 0.15) is 21.5 Å². The fourth-order valence-electron chi connectivity index (χ4n) is 3.36. The van der Waals surface area contributed by atoms with Gasteiger partial charge in [0.2, 0.25) is 11.8 Å². The van der Waals surface area contributed by atoms with E-state index in [0.29, 0.717) is 33.8 Å². The zero-order chi connectivity index (χ0) is 22.5. The molecule has 0 radical (unpaired) electrons. The minimum atomic E-state index is -0.363. The van der Waals surface area contributed by atoms with Crippen molar-refractivity contribution in [3.8, 4) is 6.07 Å². The van der Waals surface area contributed by atoms with Gasteiger partial charge in [0.1, 0.15) is 6.54 Å². The molecule has 4 rings (SSSR count). The summed E-state index contributed by atoms with van der Waals surface area (Å²) in [6.07, 6.45) is 2.92. The number of fused-ring (bicyclic) bond motifs is 1. The van der Waals surface area contributed by atoms with Gasteiger partial charge in [0, 0.05) is 17.3 Å². The van der Waals surface area contributed by atoms with Gasteiger partial charge in [-0.2, -0.15) is 5.26 Å². The van der Waals surface area contributed by atoms with Gasteiger partial charge in [-0.3, -0.25) is 19.3 Å². The lowest BCUT2D eigenvalue weighted by Crippen LogP contribution is -2.42. The molecule has 3 aromatic carbocycles. The molecule has 0 spiro atoms. The molecule has 7 nitrogen and oxygen atoms in total. The SMILES string of the molecule is N#Cc1ccccc1/C=C/C(=O)Nc1ccc(C(=O)N2CC(=O)Nc3ccccc32)cc1. The Hall–Kier alpha value is -4.70. The summed E-state index contributed by atoms with van der Waals surface area (Å²) in [6.45, 7) is -0.0662. The summed E-state index contributed by atoms with van der Waals surface area (Å²) in [5.74, 6) is -0.928. The third-order valence-electron chi connectivity index (χ3n) is 4.91. The molecule has 2 N–H and O–H groups in total. The number of hydrogen-bond acceptors (Lipinski definition) is 4. The molecule has 0 fully saturated rings. The third kappa shape index (κ3) is 4.40. The van der Waals surface area contributed by atoms with E-state index in [0.717, 1.165) is 0 Å². The van der Waals surface area contributed by atoms with Crippen LogP contribution in [0.3, 0.4) is 0 Å². The molecule has 32 heavy (non-hydrogen) atoms. The lowest BCUT2D eigenvalue weighted by Gasteiger charge is -2.29. The fraction of sp³-hybridized carbons (Fsp3) is 0.0400. The summed E-state index contributed by atoms with van der Waals surface area (Å²) < 4.78 is 0. The molecule has 0 unspecified atom stereocenters. The van der Waals surface area contributed by atoms with Crippen LogP contribution in [0.15, 0.2) is 78.9 Å². The van der Waals surface area contributed by atoms with Crippen LogP contribution in [-0.4, -0.2) is 24.3 Å². The molecule has 7 heteroatoms. The molecule has 156 valence electrons. The first-order valence-electron chi connectivity index (χ1n) is 9.84. The fourth-order valence-corrected chi connectivity index (χ4v) is 3.36. The van der Waals surface area contributed by atoms with E-state index >= 15 is 0 Å². The van der Waals surface area contributed by atoms with Gasteiger partial charge in [0.15, 0.2) is 0 Å². The number of carbonyl (C=O) groups excluding carboxylic acids is 3. The van der Waals surface area contributed by atoms with Gasteiger partial charge in [0.05, 0.1) is 23.0 Å². The Labute approximate surface area is 184 Å². The number of nitrogens with one attached hydrogen (secondary N) is 2. The van der Waals surface area contributed by atoms with Crippen LogP contribution < -0.4 is 15.5 Å². The number of anilines is 3. The maximum Gasteiger partial charge on any atom is 0.258 e. The van der Waals surface area contributed by atoms with Gasteiger partial charge in [-0.1, -0.05) is 30.3 Å². The van der Waals surface area contributed by atoms with Crippen molar-refractivity contribution >= 4 is 40.9 Å². The number of rotatable bonds is 4. The quantitative estimate of drug-likeness (QED) is 0.624. The summed E-state index contributed by atoms with van der Waals surface area (Å²) in [7, 11) is 0. The predicted octanol–water partition coefficient (Wildman–Crippen LogP) is 3.81. The zero-order valence-corrected chi connectivity index (χ0v) is 16.9. The van der Waals surface area contributed by atoms with Crippen LogP contribution in [0.25, 0.3) is 6.08 Å². The Morgan fingerprint density at radius 2 is 1.72 bits per heavy atom. The Morgan fingerprint density at radius 1 is 1.00 bits per heavy atom. The van der Waals surface area contributed by atoms with E-state index in [4.69, 9.17) is 5.26 Å². The highest BCUT2D eigenvalue weighted by molar-refractivity contribution is 6.15. The third-order valence-corrected chi connectivity index (χ3v) is 4.91. The molecule has 3 aromatic rings. The number of carbonyl (C=O) groups is 3. The first kappa shape index (κ1) is 20.6. The van der Waals surface area contributed by atoms with Crippen molar-refractivity contribution in [2.45, 2.75) is 0 Å². The highest BCUT2D eigenvalue weighted by Crippen LogP contribution is 2.30. The first-order valence-corrected chi connectivity index (χ1v) is 9.84. The standard InChI is InChI=1S/C25H18N4O3/c26-15-19-6-2-1-5-17(19)11-14-23(30)27-20-12-9-18(10-13-20)25(32)29-16-24(31)28-21-7-3-4-8-22(21)29/h1-14H,16H2,(H,27,30)(H,28,31)/b14-11+. The Bertz CT molecular complexity index is 1270. The normalized spacial score (nSPS) is 12.6. The van der Waals surface area contributed by atoms with Crippen molar-refractivity contribution in [1.82, 2.24) is 0 Å². The topological polar surface area (TPSA) is 102 Å². The minimum Gasteiger partial charge on any atom is -0.323 e. The first-order chi connectivity index (χ1) is 15.5. The van der Waals surface area contributed by atoms with Crippen molar-refractivity contribution in [3.63, 3.8) is 0 Å². The molecule has 0 bridgehead atoms. The summed E-state index contributed by atoms with van der Waals surface area (Å²) in [6, 6.07) is 22.6. The molecule has 0 saturated heterocycles. The number of amides is 3. The van der Waals surface area contributed by atoms with Crippen molar-refractivity contribution in [1.29, 1.82) is 5.26 Å². The number of hydrogen-bond donors (Lipinski definition) is 2. The molecule has 1 heterocycles. The van der Waals surface area contributed by atoms with Gasteiger partial charge in [-0.25, -0.2) is 0 Å². The highest BCUT2D eigenvalue weighted by Gasteiger charge is 2.27. The number of nitriles is 1. The molecule has 0 saturated carbocycles. The van der Waals surface area contributed by atoms with Gasteiger partial charge in [0.25, 0.3) is 5.91 Å². The maximum absolute atomic E-state index is 13.0. The van der Waals surface area contributed by atoms with E-state index in [1.807, 2.05) is 0 Å². The molecule has 3 amide bonds. The predicted molar refractivity (Wildman–Crippen MR) is 122 cm³/mol. The van der Waals surface area contributed by atoms with Crippen LogP contribution in [0, 0.1) is 11.3 Å². The van der Waals surface area contributed by atoms with E-state index in [1.54, 1.807) is 78.9 Å². The van der Waals surface area contributed by atoms with Crippen LogP contribution >= 0.6 is 0 Å². The largest absolute Gasteiger partial charge is 0.323 e. The monoisotopic (exact) mass is 422 g/mol. The summed E-state index contributed by atoms with van der Waals surface area (Å²) >= 11 is 0. The van der Waals surface area contributed by atoms with E-state index in [9.17, 15) is 14.4 Å². The number of nitrogens with zero attached hydrogens (tertiary/aromatic N) is 2.